The van der Waals surface area contributed by atoms with Crippen LogP contribution < -0.4 is 0 Å². The third kappa shape index (κ3) is 2.39. The van der Waals surface area contributed by atoms with Crippen molar-refractivity contribution < 1.29 is 0 Å². The summed E-state index contributed by atoms with van der Waals surface area (Å²) < 4.78 is 0. The van der Waals surface area contributed by atoms with Crippen LogP contribution in [-0.2, 0) is 6.42 Å². The maximum Gasteiger partial charge on any atom is 0.0438 e. The monoisotopic (exact) mass is 166 g/mol. The van der Waals surface area contributed by atoms with Gasteiger partial charge in [-0.25, -0.2) is 0 Å². The summed E-state index contributed by atoms with van der Waals surface area (Å²) in [6, 6.07) is 7.91. The Balaban J connectivity index is 2.69. The fraction of sp³-hybridized carbons (Fsp3) is 0.200. The van der Waals surface area contributed by atoms with Crippen LogP contribution in [0.4, 0.5) is 0 Å². The molecule has 0 bridgehead atoms. The summed E-state index contributed by atoms with van der Waals surface area (Å²) in [6.07, 6.45) is 3.89. The first-order valence-corrected chi connectivity index (χ1v) is 4.06. The van der Waals surface area contributed by atoms with Gasteiger partial charge in [-0.2, -0.15) is 0 Å². The van der Waals surface area contributed by atoms with Crippen molar-refractivity contribution in [1.29, 1.82) is 0 Å². The van der Waals surface area contributed by atoms with Crippen molar-refractivity contribution in [1.82, 2.24) is 0 Å². The molecule has 0 aromatic heterocycles. The molecular formula is C10H11Cl. The van der Waals surface area contributed by atoms with Crippen molar-refractivity contribution in [3.05, 3.63) is 47.5 Å². The third-order valence-electron chi connectivity index (χ3n) is 1.58. The van der Waals surface area contributed by atoms with Crippen LogP contribution in [0.5, 0.6) is 0 Å². The van der Waals surface area contributed by atoms with Crippen LogP contribution in [0.3, 0.4) is 0 Å². The van der Waals surface area contributed by atoms with Gasteiger partial charge in [-0.05, 0) is 24.5 Å². The first kappa shape index (κ1) is 8.35. The van der Waals surface area contributed by atoms with Crippen LogP contribution in [0.1, 0.15) is 12.0 Å². The Labute approximate surface area is 72.5 Å². The van der Waals surface area contributed by atoms with Crippen molar-refractivity contribution in [2.24, 2.45) is 0 Å². The molecular weight excluding hydrogens is 156 g/mol. The number of benzene rings is 1. The van der Waals surface area contributed by atoms with Crippen LogP contribution in [0.15, 0.2) is 36.9 Å². The highest BCUT2D eigenvalue weighted by Crippen LogP contribution is 2.16. The number of hydrogen-bond donors (Lipinski definition) is 0. The van der Waals surface area contributed by atoms with Gasteiger partial charge in [-0.3, -0.25) is 0 Å². The molecule has 0 atom stereocenters. The molecule has 1 heteroatoms. The van der Waals surface area contributed by atoms with Crippen LogP contribution in [0.25, 0.3) is 0 Å². The highest BCUT2D eigenvalue weighted by atomic mass is 35.5. The zero-order chi connectivity index (χ0) is 8.10. The molecule has 0 aliphatic carbocycles. The summed E-state index contributed by atoms with van der Waals surface area (Å²) in [5, 5.41) is 0.856. The molecule has 1 rings (SSSR count). The number of rotatable bonds is 3. The summed E-state index contributed by atoms with van der Waals surface area (Å²) in [5.74, 6) is 0. The predicted octanol–water partition coefficient (Wildman–Crippen LogP) is 3.46. The lowest BCUT2D eigenvalue weighted by Crippen LogP contribution is -1.83. The van der Waals surface area contributed by atoms with E-state index in [1.165, 1.54) is 5.56 Å². The van der Waals surface area contributed by atoms with Gasteiger partial charge in [0.2, 0.25) is 0 Å². The van der Waals surface area contributed by atoms with Gasteiger partial charge in [0, 0.05) is 5.02 Å². The van der Waals surface area contributed by atoms with E-state index in [4.69, 9.17) is 11.6 Å². The van der Waals surface area contributed by atoms with Gasteiger partial charge in [0.05, 0.1) is 0 Å². The maximum absolute atomic E-state index is 5.93. The van der Waals surface area contributed by atoms with Gasteiger partial charge in [-0.15, -0.1) is 6.58 Å². The van der Waals surface area contributed by atoms with E-state index in [1.807, 2.05) is 30.3 Å². The molecule has 0 fully saturated rings. The fourth-order valence-corrected chi connectivity index (χ4v) is 1.19. The number of aryl methyl sites for hydroxylation is 1. The third-order valence-corrected chi connectivity index (χ3v) is 1.94. The number of allylic oxidation sites excluding steroid dienone is 1. The van der Waals surface area contributed by atoms with Gasteiger partial charge < -0.3 is 0 Å². The average Bonchev–Trinajstić information content (AvgIpc) is 2.03. The summed E-state index contributed by atoms with van der Waals surface area (Å²) in [7, 11) is 0. The highest BCUT2D eigenvalue weighted by Gasteiger charge is 1.95. The lowest BCUT2D eigenvalue weighted by atomic mass is 10.1. The molecule has 0 radical (unpaired) electrons. The van der Waals surface area contributed by atoms with Crippen LogP contribution >= 0.6 is 11.6 Å². The maximum atomic E-state index is 5.93. The molecule has 1 aromatic carbocycles. The molecule has 0 amide bonds. The smallest absolute Gasteiger partial charge is 0.0438 e. The van der Waals surface area contributed by atoms with Crippen LogP contribution in [-0.4, -0.2) is 0 Å². The second-order valence-corrected chi connectivity index (χ2v) is 2.83. The minimum absolute atomic E-state index is 0.856. The van der Waals surface area contributed by atoms with E-state index < -0.39 is 0 Å². The molecule has 0 aliphatic heterocycles. The number of halogens is 1. The molecule has 0 nitrogen and oxygen atoms in total. The standard InChI is InChI=1S/C10H11Cl/c1-2-3-6-9-7-4-5-8-10(9)11/h2,4-5,7-8H,1,3,6H2. The van der Waals surface area contributed by atoms with E-state index in [-0.39, 0.29) is 0 Å². The summed E-state index contributed by atoms with van der Waals surface area (Å²) in [4.78, 5) is 0. The molecule has 0 N–H and O–H groups in total. The first-order chi connectivity index (χ1) is 5.34. The molecule has 58 valence electrons. The first-order valence-electron chi connectivity index (χ1n) is 3.69. The molecule has 0 unspecified atom stereocenters. The van der Waals surface area contributed by atoms with E-state index >= 15 is 0 Å². The van der Waals surface area contributed by atoms with Crippen LogP contribution in [0, 0.1) is 0 Å². The topological polar surface area (TPSA) is 0 Å². The van der Waals surface area contributed by atoms with Gasteiger partial charge in [0.15, 0.2) is 0 Å². The summed E-state index contributed by atoms with van der Waals surface area (Å²) in [5.41, 5.74) is 1.20. The quantitative estimate of drug-likeness (QED) is 0.604. The van der Waals surface area contributed by atoms with Gasteiger partial charge in [-0.1, -0.05) is 35.9 Å². The Hall–Kier alpha value is -0.750. The molecule has 1 aromatic rings. The molecule has 0 heterocycles. The van der Waals surface area contributed by atoms with E-state index in [0.717, 1.165) is 17.9 Å². The minimum atomic E-state index is 0.856. The SMILES string of the molecule is C=CCCc1ccccc1Cl. The molecule has 0 spiro atoms. The Kier molecular flexibility index (Phi) is 3.18. The van der Waals surface area contributed by atoms with Gasteiger partial charge >= 0.3 is 0 Å². The Morgan fingerprint density at radius 3 is 2.73 bits per heavy atom. The van der Waals surface area contributed by atoms with Crippen molar-refractivity contribution in [3.8, 4) is 0 Å². The van der Waals surface area contributed by atoms with Crippen LogP contribution in [0.2, 0.25) is 5.02 Å². The van der Waals surface area contributed by atoms with E-state index in [9.17, 15) is 0 Å². The second-order valence-electron chi connectivity index (χ2n) is 2.42. The lowest BCUT2D eigenvalue weighted by Gasteiger charge is -1.99. The second kappa shape index (κ2) is 4.20. The average molecular weight is 167 g/mol. The largest absolute Gasteiger partial charge is 0.103 e. The van der Waals surface area contributed by atoms with Gasteiger partial charge in [0.1, 0.15) is 0 Å². The fourth-order valence-electron chi connectivity index (χ4n) is 0.959. The Morgan fingerprint density at radius 1 is 1.36 bits per heavy atom. The summed E-state index contributed by atoms with van der Waals surface area (Å²) in [6.45, 7) is 3.66. The van der Waals surface area contributed by atoms with Gasteiger partial charge in [0.25, 0.3) is 0 Å². The zero-order valence-corrected chi connectivity index (χ0v) is 7.14. The van der Waals surface area contributed by atoms with E-state index in [0.29, 0.717) is 0 Å². The normalized spacial score (nSPS) is 9.55. The lowest BCUT2D eigenvalue weighted by molar-refractivity contribution is 1.00. The minimum Gasteiger partial charge on any atom is -0.103 e. The molecule has 0 saturated heterocycles. The molecule has 11 heavy (non-hydrogen) atoms. The number of hydrogen-bond acceptors (Lipinski definition) is 0. The zero-order valence-electron chi connectivity index (χ0n) is 6.39. The predicted molar refractivity (Wildman–Crippen MR) is 50.0 cm³/mol. The van der Waals surface area contributed by atoms with Crippen molar-refractivity contribution in [2.75, 3.05) is 0 Å². The molecule has 0 saturated carbocycles. The summed E-state index contributed by atoms with van der Waals surface area (Å²) >= 11 is 5.93. The Morgan fingerprint density at radius 2 is 2.09 bits per heavy atom. The van der Waals surface area contributed by atoms with E-state index in [1.54, 1.807) is 0 Å². The van der Waals surface area contributed by atoms with Crippen molar-refractivity contribution in [3.63, 3.8) is 0 Å². The van der Waals surface area contributed by atoms with Crippen molar-refractivity contribution >= 4 is 11.6 Å². The Bertz CT molecular complexity index is 240. The molecule has 0 aliphatic rings. The highest BCUT2D eigenvalue weighted by molar-refractivity contribution is 6.31. The van der Waals surface area contributed by atoms with Crippen molar-refractivity contribution in [2.45, 2.75) is 12.8 Å². The van der Waals surface area contributed by atoms with E-state index in [2.05, 4.69) is 6.58 Å².